The lowest BCUT2D eigenvalue weighted by Gasteiger charge is -2.22. The zero-order chi connectivity index (χ0) is 15.5. The molecule has 0 saturated heterocycles. The van der Waals surface area contributed by atoms with Gasteiger partial charge in [-0.25, -0.2) is 13.1 Å². The summed E-state index contributed by atoms with van der Waals surface area (Å²) >= 11 is 0. The number of hydrogen-bond donors (Lipinski definition) is 2. The second-order valence-electron chi connectivity index (χ2n) is 5.55. The summed E-state index contributed by atoms with van der Waals surface area (Å²) in [4.78, 5) is 0. The van der Waals surface area contributed by atoms with Crippen LogP contribution in [0.3, 0.4) is 0 Å². The average Bonchev–Trinajstić information content (AvgIpc) is 2.72. The van der Waals surface area contributed by atoms with E-state index in [-0.39, 0.29) is 18.1 Å². The molecule has 0 radical (unpaired) electrons. The molecule has 1 aromatic rings. The molecule has 0 spiro atoms. The predicted octanol–water partition coefficient (Wildman–Crippen LogP) is 1.13. The number of hydrogen-bond acceptors (Lipinski definition) is 6. The quantitative estimate of drug-likeness (QED) is 0.842. The van der Waals surface area contributed by atoms with Crippen molar-refractivity contribution >= 4 is 21.5 Å². The average molecular weight is 311 g/mol. The molecule has 1 aliphatic carbocycles. The van der Waals surface area contributed by atoms with E-state index in [9.17, 15) is 13.7 Å². The van der Waals surface area contributed by atoms with Gasteiger partial charge in [-0.1, -0.05) is 19.3 Å². The fourth-order valence-electron chi connectivity index (χ4n) is 2.55. The van der Waals surface area contributed by atoms with Gasteiger partial charge in [0.1, 0.15) is 27.3 Å². The van der Waals surface area contributed by atoms with E-state index in [1.807, 2.05) is 0 Å². The Morgan fingerprint density at radius 2 is 2.10 bits per heavy atom. The van der Waals surface area contributed by atoms with Gasteiger partial charge in [0.2, 0.25) is 0 Å². The Bertz CT molecular complexity index is 638. The fraction of sp³-hybridized carbons (Fsp3) is 0.692. The number of nitriles is 1. The maximum absolute atomic E-state index is 11.2. The Morgan fingerprint density at radius 3 is 2.67 bits per heavy atom. The first-order valence-corrected chi connectivity index (χ1v) is 9.17. The smallest absolute Gasteiger partial charge is 0.168 e. The number of rotatable bonds is 5. The highest BCUT2D eigenvalue weighted by atomic mass is 32.2. The second-order valence-corrected chi connectivity index (χ2v) is 7.81. The molecule has 1 saturated carbocycles. The summed E-state index contributed by atoms with van der Waals surface area (Å²) in [6.07, 6.45) is 6.86. The molecule has 0 aromatic carbocycles. The van der Waals surface area contributed by atoms with Crippen LogP contribution in [0.5, 0.6) is 0 Å². The van der Waals surface area contributed by atoms with Crippen LogP contribution in [0.25, 0.3) is 0 Å². The lowest BCUT2D eigenvalue weighted by atomic mass is 9.95. The van der Waals surface area contributed by atoms with E-state index < -0.39 is 9.84 Å². The van der Waals surface area contributed by atoms with Gasteiger partial charge >= 0.3 is 0 Å². The maximum Gasteiger partial charge on any atom is 0.168 e. The van der Waals surface area contributed by atoms with Gasteiger partial charge in [-0.2, -0.15) is 10.4 Å². The molecule has 0 atom stereocenters. The molecule has 116 valence electrons. The number of aryl methyl sites for hydroxylation is 1. The van der Waals surface area contributed by atoms with Crippen LogP contribution in [-0.2, 0) is 16.4 Å². The van der Waals surface area contributed by atoms with Gasteiger partial charge < -0.3 is 11.1 Å². The van der Waals surface area contributed by atoms with Crippen molar-refractivity contribution in [3.8, 4) is 6.07 Å². The van der Waals surface area contributed by atoms with Crippen LogP contribution >= 0.6 is 0 Å². The normalized spacial score (nSPS) is 16.6. The zero-order valence-electron chi connectivity index (χ0n) is 12.2. The molecule has 3 N–H and O–H groups in total. The van der Waals surface area contributed by atoms with E-state index in [1.165, 1.54) is 30.2 Å². The van der Waals surface area contributed by atoms with Gasteiger partial charge in [-0.15, -0.1) is 0 Å². The second kappa shape index (κ2) is 6.35. The van der Waals surface area contributed by atoms with Crippen molar-refractivity contribution in [1.82, 2.24) is 9.78 Å². The number of nitrogens with two attached hydrogens (primary N) is 1. The van der Waals surface area contributed by atoms with Crippen molar-refractivity contribution in [3.05, 3.63) is 5.56 Å². The highest BCUT2D eigenvalue weighted by Gasteiger charge is 2.20. The van der Waals surface area contributed by atoms with Crippen molar-refractivity contribution in [2.24, 2.45) is 0 Å². The van der Waals surface area contributed by atoms with Crippen LogP contribution in [0.15, 0.2) is 0 Å². The van der Waals surface area contributed by atoms with E-state index in [0.717, 1.165) is 12.8 Å². The van der Waals surface area contributed by atoms with Crippen molar-refractivity contribution in [2.45, 2.75) is 44.7 Å². The Labute approximate surface area is 125 Å². The SMILES string of the molecule is CS(=O)(=O)CCn1nc(NC2CCCCC2)c(C#N)c1N. The first-order chi connectivity index (χ1) is 9.90. The largest absolute Gasteiger partial charge is 0.383 e. The number of nitrogen functional groups attached to an aromatic ring is 1. The first-order valence-electron chi connectivity index (χ1n) is 7.11. The predicted molar refractivity (Wildman–Crippen MR) is 81.6 cm³/mol. The molecule has 0 aliphatic heterocycles. The summed E-state index contributed by atoms with van der Waals surface area (Å²) < 4.78 is 23.9. The third-order valence-electron chi connectivity index (χ3n) is 3.72. The van der Waals surface area contributed by atoms with E-state index in [2.05, 4.69) is 16.5 Å². The molecule has 21 heavy (non-hydrogen) atoms. The van der Waals surface area contributed by atoms with Gasteiger partial charge in [0.25, 0.3) is 0 Å². The topological polar surface area (TPSA) is 114 Å². The summed E-state index contributed by atoms with van der Waals surface area (Å²) in [5, 5.41) is 16.8. The summed E-state index contributed by atoms with van der Waals surface area (Å²) in [5.74, 6) is 0.641. The molecule has 1 fully saturated rings. The fourth-order valence-corrected chi connectivity index (χ4v) is 3.05. The van der Waals surface area contributed by atoms with Crippen molar-refractivity contribution in [2.75, 3.05) is 23.1 Å². The Hall–Kier alpha value is -1.75. The van der Waals surface area contributed by atoms with E-state index >= 15 is 0 Å². The third kappa shape index (κ3) is 4.11. The van der Waals surface area contributed by atoms with E-state index in [0.29, 0.717) is 17.4 Å². The summed E-state index contributed by atoms with van der Waals surface area (Å²) in [5.41, 5.74) is 6.19. The third-order valence-corrected chi connectivity index (χ3v) is 4.65. The monoisotopic (exact) mass is 311 g/mol. The Kier molecular flexibility index (Phi) is 4.73. The molecule has 1 heterocycles. The van der Waals surface area contributed by atoms with Crippen LogP contribution in [-0.4, -0.2) is 36.2 Å². The molecule has 1 aromatic heterocycles. The number of sulfone groups is 1. The molecule has 2 rings (SSSR count). The molecule has 0 unspecified atom stereocenters. The van der Waals surface area contributed by atoms with Gasteiger partial charge in [-0.05, 0) is 12.8 Å². The first kappa shape index (κ1) is 15.6. The molecule has 0 amide bonds. The summed E-state index contributed by atoms with van der Waals surface area (Å²) in [7, 11) is -3.10. The van der Waals surface area contributed by atoms with Crippen LogP contribution in [0.1, 0.15) is 37.7 Å². The number of nitrogens with zero attached hydrogens (tertiary/aromatic N) is 3. The van der Waals surface area contributed by atoms with Gasteiger partial charge in [-0.3, -0.25) is 0 Å². The minimum absolute atomic E-state index is 0.0490. The van der Waals surface area contributed by atoms with E-state index in [4.69, 9.17) is 5.73 Å². The summed E-state index contributed by atoms with van der Waals surface area (Å²) in [6, 6.07) is 2.36. The molecule has 7 nitrogen and oxygen atoms in total. The molecular weight excluding hydrogens is 290 g/mol. The van der Waals surface area contributed by atoms with Crippen LogP contribution in [0.4, 0.5) is 11.6 Å². The molecule has 8 heteroatoms. The maximum atomic E-state index is 11.2. The van der Waals surface area contributed by atoms with Crippen LogP contribution in [0.2, 0.25) is 0 Å². The number of nitrogens with one attached hydrogen (secondary N) is 1. The van der Waals surface area contributed by atoms with Crippen LogP contribution < -0.4 is 11.1 Å². The highest BCUT2D eigenvalue weighted by molar-refractivity contribution is 7.90. The van der Waals surface area contributed by atoms with E-state index in [1.54, 1.807) is 0 Å². The molecular formula is C13H21N5O2S. The lowest BCUT2D eigenvalue weighted by Crippen LogP contribution is -2.23. The minimum Gasteiger partial charge on any atom is -0.383 e. The Balaban J connectivity index is 2.15. The summed E-state index contributed by atoms with van der Waals surface area (Å²) in [6.45, 7) is 0.158. The Morgan fingerprint density at radius 1 is 1.43 bits per heavy atom. The minimum atomic E-state index is -3.10. The zero-order valence-corrected chi connectivity index (χ0v) is 13.0. The van der Waals surface area contributed by atoms with Gasteiger partial charge in [0.15, 0.2) is 5.82 Å². The van der Waals surface area contributed by atoms with Gasteiger partial charge in [0.05, 0.1) is 12.3 Å². The highest BCUT2D eigenvalue weighted by Crippen LogP contribution is 2.25. The van der Waals surface area contributed by atoms with Crippen LogP contribution in [0, 0.1) is 11.3 Å². The van der Waals surface area contributed by atoms with Crippen molar-refractivity contribution < 1.29 is 8.42 Å². The van der Waals surface area contributed by atoms with Crippen molar-refractivity contribution in [3.63, 3.8) is 0 Å². The molecule has 1 aliphatic rings. The number of anilines is 2. The number of aromatic nitrogens is 2. The van der Waals surface area contributed by atoms with Gasteiger partial charge in [0, 0.05) is 12.3 Å². The van der Waals surface area contributed by atoms with Crippen molar-refractivity contribution in [1.29, 1.82) is 5.26 Å². The standard InChI is InChI=1S/C13H21N5O2S/c1-21(19,20)8-7-18-12(15)11(9-14)13(17-18)16-10-5-3-2-4-6-10/h10H,2-8,15H2,1H3,(H,16,17). The lowest BCUT2D eigenvalue weighted by molar-refractivity contribution is 0.461. The molecule has 0 bridgehead atoms.